The number of amides is 2. The van der Waals surface area contributed by atoms with Crippen LogP contribution in [0.15, 0.2) is 36.4 Å². The molecule has 0 atom stereocenters. The summed E-state index contributed by atoms with van der Waals surface area (Å²) in [6.45, 7) is 1.74. The van der Waals surface area contributed by atoms with Crippen LogP contribution in [0.2, 0.25) is 5.02 Å². The first kappa shape index (κ1) is 20.9. The summed E-state index contributed by atoms with van der Waals surface area (Å²) in [6.07, 6.45) is 0. The maximum absolute atomic E-state index is 12.3. The summed E-state index contributed by atoms with van der Waals surface area (Å²) in [7, 11) is 2.35. The first-order valence-corrected chi connectivity index (χ1v) is 8.33. The van der Waals surface area contributed by atoms with Gasteiger partial charge in [0, 0.05) is 10.7 Å². The van der Waals surface area contributed by atoms with Gasteiger partial charge in [0.1, 0.15) is 0 Å². The molecule has 0 saturated heterocycles. The van der Waals surface area contributed by atoms with Crippen LogP contribution in [0.4, 0.5) is 11.4 Å². The zero-order chi connectivity index (χ0) is 20.8. The predicted molar refractivity (Wildman–Crippen MR) is 103 cm³/mol. The molecule has 0 bridgehead atoms. The predicted octanol–water partition coefficient (Wildman–Crippen LogP) is 2.80. The molecule has 0 aliphatic rings. The van der Waals surface area contributed by atoms with E-state index in [0.29, 0.717) is 16.3 Å². The first-order chi connectivity index (χ1) is 13.3. The number of nitrogens with one attached hydrogen (secondary N) is 2. The fraction of sp³-hybridized carbons (Fsp3) is 0.158. The second kappa shape index (κ2) is 9.01. The molecular formula is C19H17ClN2O6. The number of benzene rings is 2. The second-order valence-electron chi connectivity index (χ2n) is 5.61. The Morgan fingerprint density at radius 1 is 0.821 bits per heavy atom. The molecular weight excluding hydrogens is 388 g/mol. The summed E-state index contributed by atoms with van der Waals surface area (Å²) in [4.78, 5) is 48.1. The molecule has 2 N–H and O–H groups in total. The van der Waals surface area contributed by atoms with E-state index in [1.807, 2.05) is 0 Å². The van der Waals surface area contributed by atoms with E-state index in [9.17, 15) is 19.2 Å². The third-order valence-electron chi connectivity index (χ3n) is 3.75. The van der Waals surface area contributed by atoms with Crippen molar-refractivity contribution in [3.05, 3.63) is 58.1 Å². The van der Waals surface area contributed by atoms with Gasteiger partial charge in [-0.1, -0.05) is 17.7 Å². The van der Waals surface area contributed by atoms with Gasteiger partial charge in [0.15, 0.2) is 0 Å². The molecule has 0 spiro atoms. The molecule has 9 heteroatoms. The van der Waals surface area contributed by atoms with Crippen molar-refractivity contribution in [3.63, 3.8) is 0 Å². The van der Waals surface area contributed by atoms with Crippen molar-refractivity contribution in [1.82, 2.24) is 0 Å². The van der Waals surface area contributed by atoms with E-state index in [-0.39, 0.29) is 16.8 Å². The van der Waals surface area contributed by atoms with Crippen molar-refractivity contribution in [2.75, 3.05) is 24.9 Å². The van der Waals surface area contributed by atoms with Crippen LogP contribution in [0.5, 0.6) is 0 Å². The van der Waals surface area contributed by atoms with Gasteiger partial charge in [-0.05, 0) is 42.8 Å². The maximum atomic E-state index is 12.3. The van der Waals surface area contributed by atoms with Crippen LogP contribution in [-0.4, -0.2) is 38.0 Å². The van der Waals surface area contributed by atoms with Crippen LogP contribution in [0.25, 0.3) is 0 Å². The number of anilines is 2. The minimum atomic E-state index is -1.05. The minimum absolute atomic E-state index is 0.0322. The van der Waals surface area contributed by atoms with Crippen LogP contribution in [0.1, 0.15) is 26.3 Å². The van der Waals surface area contributed by atoms with Gasteiger partial charge in [-0.3, -0.25) is 9.59 Å². The highest BCUT2D eigenvalue weighted by Gasteiger charge is 2.21. The van der Waals surface area contributed by atoms with Crippen molar-refractivity contribution in [2.45, 2.75) is 6.92 Å². The van der Waals surface area contributed by atoms with Crippen molar-refractivity contribution >= 4 is 46.7 Å². The lowest BCUT2D eigenvalue weighted by Gasteiger charge is -2.12. The molecule has 0 aliphatic heterocycles. The molecule has 28 heavy (non-hydrogen) atoms. The molecule has 0 saturated carbocycles. The summed E-state index contributed by atoms with van der Waals surface area (Å²) < 4.78 is 9.26. The van der Waals surface area contributed by atoms with Gasteiger partial charge >= 0.3 is 23.8 Å². The minimum Gasteiger partial charge on any atom is -0.465 e. The maximum Gasteiger partial charge on any atom is 0.339 e. The van der Waals surface area contributed by atoms with Gasteiger partial charge in [-0.25, -0.2) is 9.59 Å². The molecule has 2 rings (SSSR count). The number of aryl methyl sites for hydroxylation is 1. The summed E-state index contributed by atoms with van der Waals surface area (Å²) in [5, 5.41) is 5.13. The van der Waals surface area contributed by atoms with Crippen molar-refractivity contribution in [2.24, 2.45) is 0 Å². The van der Waals surface area contributed by atoms with Crippen LogP contribution in [0, 0.1) is 6.92 Å². The monoisotopic (exact) mass is 404 g/mol. The summed E-state index contributed by atoms with van der Waals surface area (Å²) in [5.41, 5.74) is 1.04. The molecule has 0 unspecified atom stereocenters. The molecule has 2 aromatic rings. The lowest BCUT2D eigenvalue weighted by atomic mass is 10.1. The number of ether oxygens (including phenoxy) is 2. The highest BCUT2D eigenvalue weighted by atomic mass is 35.5. The van der Waals surface area contributed by atoms with E-state index >= 15 is 0 Å². The summed E-state index contributed by atoms with van der Waals surface area (Å²) in [6, 6.07) is 8.67. The molecule has 8 nitrogen and oxygen atoms in total. The lowest BCUT2D eigenvalue weighted by molar-refractivity contribution is -0.133. The average molecular weight is 405 g/mol. The Morgan fingerprint density at radius 2 is 1.43 bits per heavy atom. The summed E-state index contributed by atoms with van der Waals surface area (Å²) in [5.74, 6) is -3.46. The van der Waals surface area contributed by atoms with E-state index in [0.717, 1.165) is 7.11 Å². The summed E-state index contributed by atoms with van der Waals surface area (Å²) >= 11 is 5.89. The van der Waals surface area contributed by atoms with E-state index in [4.69, 9.17) is 11.6 Å². The van der Waals surface area contributed by atoms with Gasteiger partial charge in [-0.15, -0.1) is 0 Å². The quantitative estimate of drug-likeness (QED) is 0.598. The molecule has 146 valence electrons. The Bertz CT molecular complexity index is 957. The topological polar surface area (TPSA) is 111 Å². The van der Waals surface area contributed by atoms with E-state index in [2.05, 4.69) is 20.1 Å². The fourth-order valence-corrected chi connectivity index (χ4v) is 2.44. The number of rotatable bonds is 4. The van der Waals surface area contributed by atoms with Gasteiger partial charge in [0.05, 0.1) is 31.0 Å². The van der Waals surface area contributed by atoms with Crippen molar-refractivity contribution < 1.29 is 28.7 Å². The Morgan fingerprint density at radius 3 is 2.04 bits per heavy atom. The Balaban J connectivity index is 2.27. The van der Waals surface area contributed by atoms with Crippen LogP contribution in [0.3, 0.4) is 0 Å². The van der Waals surface area contributed by atoms with Crippen LogP contribution in [-0.2, 0) is 19.1 Å². The van der Waals surface area contributed by atoms with Gasteiger partial charge in [0.2, 0.25) is 0 Å². The number of carbonyl (C=O) groups excluding carboxylic acids is 4. The van der Waals surface area contributed by atoms with Crippen LogP contribution < -0.4 is 10.6 Å². The molecule has 0 heterocycles. The number of methoxy groups -OCH3 is 2. The zero-order valence-corrected chi connectivity index (χ0v) is 16.0. The number of hydrogen-bond acceptors (Lipinski definition) is 6. The number of hydrogen-bond donors (Lipinski definition) is 2. The standard InChI is InChI=1S/C19H17ClN2O6/c1-10-4-6-12(20)9-14(10)21-16(23)17(24)22-15-8-11(18(25)27-2)5-7-13(15)19(26)28-3/h4-9H,1-3H3,(H,21,23)(H,22,24). The van der Waals surface area contributed by atoms with E-state index < -0.39 is 23.8 Å². The number of carbonyl (C=O) groups is 4. The number of halogens is 1. The molecule has 2 aromatic carbocycles. The first-order valence-electron chi connectivity index (χ1n) is 7.96. The largest absolute Gasteiger partial charge is 0.465 e. The zero-order valence-electron chi connectivity index (χ0n) is 15.3. The van der Waals surface area contributed by atoms with Gasteiger partial charge in [-0.2, -0.15) is 0 Å². The van der Waals surface area contributed by atoms with Gasteiger partial charge < -0.3 is 20.1 Å². The molecule has 2 amide bonds. The van der Waals surface area contributed by atoms with E-state index in [1.54, 1.807) is 19.1 Å². The molecule has 0 radical (unpaired) electrons. The lowest BCUT2D eigenvalue weighted by Crippen LogP contribution is -2.30. The van der Waals surface area contributed by atoms with Gasteiger partial charge in [0.25, 0.3) is 0 Å². The fourth-order valence-electron chi connectivity index (χ4n) is 2.27. The smallest absolute Gasteiger partial charge is 0.339 e. The molecule has 0 fully saturated rings. The average Bonchev–Trinajstić information content (AvgIpc) is 2.69. The van der Waals surface area contributed by atoms with Crippen molar-refractivity contribution in [3.8, 4) is 0 Å². The second-order valence-corrected chi connectivity index (χ2v) is 6.05. The number of esters is 2. The highest BCUT2D eigenvalue weighted by Crippen LogP contribution is 2.22. The Kier molecular flexibility index (Phi) is 6.73. The normalized spacial score (nSPS) is 10.0. The Labute approximate surface area is 165 Å². The van der Waals surface area contributed by atoms with Crippen molar-refractivity contribution in [1.29, 1.82) is 0 Å². The Hall–Kier alpha value is -3.39. The molecule has 0 aromatic heterocycles. The SMILES string of the molecule is COC(=O)c1ccc(C(=O)OC)c(NC(=O)C(=O)Nc2cc(Cl)ccc2C)c1. The molecule has 0 aliphatic carbocycles. The third kappa shape index (κ3) is 4.86. The highest BCUT2D eigenvalue weighted by molar-refractivity contribution is 6.44. The van der Waals surface area contributed by atoms with Crippen LogP contribution >= 0.6 is 11.6 Å². The van der Waals surface area contributed by atoms with E-state index in [1.165, 1.54) is 31.4 Å². The third-order valence-corrected chi connectivity index (χ3v) is 3.98.